The first-order chi connectivity index (χ1) is 8.88. The molecule has 3 nitrogen and oxygen atoms in total. The first kappa shape index (κ1) is 13.6. The van der Waals surface area contributed by atoms with Gasteiger partial charge in [0.2, 0.25) is 0 Å². The Hall–Kier alpha value is -1.85. The number of rotatable bonds is 2. The Morgan fingerprint density at radius 3 is 2.37 bits per heavy atom. The van der Waals surface area contributed by atoms with Crippen molar-refractivity contribution in [3.63, 3.8) is 0 Å². The van der Waals surface area contributed by atoms with Gasteiger partial charge in [0.15, 0.2) is 0 Å². The zero-order valence-electron chi connectivity index (χ0n) is 10.2. The zero-order valence-corrected chi connectivity index (χ0v) is 10.2. The van der Waals surface area contributed by atoms with Crippen LogP contribution < -0.4 is 0 Å². The maximum atomic E-state index is 12.3. The molecule has 0 N–H and O–H groups in total. The highest BCUT2D eigenvalue weighted by atomic mass is 19.4. The molecule has 1 unspecified atom stereocenters. The van der Waals surface area contributed by atoms with Crippen LogP contribution in [0.3, 0.4) is 0 Å². The van der Waals surface area contributed by atoms with Crippen LogP contribution >= 0.6 is 0 Å². The molecule has 1 aromatic carbocycles. The number of carbonyl (C=O) groups is 1. The van der Waals surface area contributed by atoms with Gasteiger partial charge in [-0.25, -0.2) is 4.79 Å². The van der Waals surface area contributed by atoms with E-state index in [0.717, 1.165) is 42.8 Å². The van der Waals surface area contributed by atoms with Gasteiger partial charge in [0.05, 0.1) is 16.8 Å². The topological polar surface area (TPSA) is 38.7 Å². The monoisotopic (exact) mass is 271 g/mol. The van der Waals surface area contributed by atoms with Crippen LogP contribution in [0.1, 0.15) is 35.7 Å². The number of carbonyl (C=O) groups excluding carboxylic acids is 1. The van der Waals surface area contributed by atoms with Crippen molar-refractivity contribution in [2.45, 2.75) is 25.9 Å². The second-order valence-electron chi connectivity index (χ2n) is 4.48. The van der Waals surface area contributed by atoms with Crippen LogP contribution in [0.4, 0.5) is 13.2 Å². The molecule has 2 rings (SSSR count). The molecular formula is C13H12F3NO2. The molecule has 0 amide bonds. The van der Waals surface area contributed by atoms with E-state index in [2.05, 4.69) is 5.16 Å². The third-order valence-corrected chi connectivity index (χ3v) is 3.10. The molecule has 0 spiro atoms. The van der Waals surface area contributed by atoms with Gasteiger partial charge in [0, 0.05) is 0 Å². The van der Waals surface area contributed by atoms with Crippen molar-refractivity contribution in [1.82, 2.24) is 0 Å². The van der Waals surface area contributed by atoms with Crippen LogP contribution in [-0.4, -0.2) is 11.7 Å². The third kappa shape index (κ3) is 3.13. The Balaban J connectivity index is 2.02. The average molecular weight is 271 g/mol. The minimum atomic E-state index is -4.41. The van der Waals surface area contributed by atoms with Gasteiger partial charge in [-0.2, -0.15) is 13.2 Å². The van der Waals surface area contributed by atoms with Crippen LogP contribution in [-0.2, 0) is 11.0 Å². The number of oxime groups is 1. The molecular weight excluding hydrogens is 259 g/mol. The Labute approximate surface area is 108 Å². The first-order valence-electron chi connectivity index (χ1n) is 5.83. The van der Waals surface area contributed by atoms with Gasteiger partial charge in [-0.15, -0.1) is 0 Å². The Bertz CT molecular complexity index is 506. The van der Waals surface area contributed by atoms with Crippen LogP contribution in [0, 0.1) is 5.92 Å². The second kappa shape index (κ2) is 5.03. The van der Waals surface area contributed by atoms with E-state index in [0.29, 0.717) is 5.92 Å². The standard InChI is InChI=1S/C13H12F3NO2/c1-8-2-7-11(8)17-19-12(18)9-3-5-10(6-4-9)13(14,15)16/h3-6,8H,2,7H2,1H3/b17-11+. The highest BCUT2D eigenvalue weighted by molar-refractivity contribution is 5.93. The molecule has 1 saturated carbocycles. The lowest BCUT2D eigenvalue weighted by Gasteiger charge is -2.22. The Kier molecular flexibility index (Phi) is 3.59. The van der Waals surface area contributed by atoms with Crippen molar-refractivity contribution in [2.24, 2.45) is 11.1 Å². The van der Waals surface area contributed by atoms with Gasteiger partial charge in [-0.3, -0.25) is 0 Å². The summed E-state index contributed by atoms with van der Waals surface area (Å²) < 4.78 is 37.0. The fraction of sp³-hybridized carbons (Fsp3) is 0.385. The van der Waals surface area contributed by atoms with E-state index in [1.165, 1.54) is 0 Å². The van der Waals surface area contributed by atoms with Crippen molar-refractivity contribution in [1.29, 1.82) is 0 Å². The Morgan fingerprint density at radius 2 is 1.95 bits per heavy atom. The van der Waals surface area contributed by atoms with Gasteiger partial charge in [0.1, 0.15) is 0 Å². The highest BCUT2D eigenvalue weighted by Crippen LogP contribution is 2.29. The maximum absolute atomic E-state index is 12.3. The number of nitrogens with zero attached hydrogens (tertiary/aromatic N) is 1. The summed E-state index contributed by atoms with van der Waals surface area (Å²) in [6.45, 7) is 1.97. The molecule has 1 atom stereocenters. The first-order valence-corrected chi connectivity index (χ1v) is 5.83. The van der Waals surface area contributed by atoms with Gasteiger partial charge in [-0.1, -0.05) is 12.1 Å². The number of halogens is 3. The molecule has 0 bridgehead atoms. The van der Waals surface area contributed by atoms with Gasteiger partial charge in [-0.05, 0) is 43.0 Å². The third-order valence-electron chi connectivity index (χ3n) is 3.10. The van der Waals surface area contributed by atoms with E-state index in [9.17, 15) is 18.0 Å². The fourth-order valence-corrected chi connectivity index (χ4v) is 1.65. The smallest absolute Gasteiger partial charge is 0.313 e. The van der Waals surface area contributed by atoms with E-state index in [1.807, 2.05) is 6.92 Å². The van der Waals surface area contributed by atoms with Gasteiger partial charge >= 0.3 is 12.1 Å². The van der Waals surface area contributed by atoms with Crippen molar-refractivity contribution in [3.8, 4) is 0 Å². The van der Waals surface area contributed by atoms with Crippen molar-refractivity contribution >= 4 is 11.7 Å². The summed E-state index contributed by atoms with van der Waals surface area (Å²) in [5, 5.41) is 3.70. The lowest BCUT2D eigenvalue weighted by atomic mass is 9.85. The van der Waals surface area contributed by atoms with Gasteiger partial charge in [0.25, 0.3) is 0 Å². The normalized spacial score (nSPS) is 21.1. The summed E-state index contributed by atoms with van der Waals surface area (Å²) in [6.07, 6.45) is -2.61. The quantitative estimate of drug-likeness (QED) is 0.608. The zero-order chi connectivity index (χ0) is 14.0. The summed E-state index contributed by atoms with van der Waals surface area (Å²) >= 11 is 0. The SMILES string of the molecule is CC1CC/C1=N\OC(=O)c1ccc(C(F)(F)F)cc1. The van der Waals surface area contributed by atoms with E-state index >= 15 is 0 Å². The molecule has 0 aromatic heterocycles. The number of alkyl halides is 3. The summed E-state index contributed by atoms with van der Waals surface area (Å²) in [5.74, 6) is -0.444. The predicted molar refractivity (Wildman–Crippen MR) is 62.7 cm³/mol. The molecule has 1 aliphatic rings. The molecule has 19 heavy (non-hydrogen) atoms. The van der Waals surface area contributed by atoms with E-state index in [1.54, 1.807) is 0 Å². The number of hydrogen-bond acceptors (Lipinski definition) is 3. The van der Waals surface area contributed by atoms with Crippen LogP contribution in [0.2, 0.25) is 0 Å². The molecule has 0 saturated heterocycles. The maximum Gasteiger partial charge on any atom is 0.416 e. The van der Waals surface area contributed by atoms with Gasteiger partial charge < -0.3 is 4.84 Å². The lowest BCUT2D eigenvalue weighted by molar-refractivity contribution is -0.137. The molecule has 1 aromatic rings. The van der Waals surface area contributed by atoms with Crippen molar-refractivity contribution in [2.75, 3.05) is 0 Å². The predicted octanol–water partition coefficient (Wildman–Crippen LogP) is 3.65. The van der Waals surface area contributed by atoms with Crippen LogP contribution in [0.5, 0.6) is 0 Å². The molecule has 6 heteroatoms. The van der Waals surface area contributed by atoms with E-state index in [-0.39, 0.29) is 5.56 Å². The van der Waals surface area contributed by atoms with Crippen molar-refractivity contribution in [3.05, 3.63) is 35.4 Å². The van der Waals surface area contributed by atoms with Crippen LogP contribution in [0.15, 0.2) is 29.4 Å². The summed E-state index contributed by atoms with van der Waals surface area (Å²) in [5.41, 5.74) is 0.0487. The molecule has 0 aliphatic heterocycles. The largest absolute Gasteiger partial charge is 0.416 e. The Morgan fingerprint density at radius 1 is 1.32 bits per heavy atom. The summed E-state index contributed by atoms with van der Waals surface area (Å²) in [7, 11) is 0. The van der Waals surface area contributed by atoms with E-state index < -0.39 is 17.7 Å². The second-order valence-corrected chi connectivity index (χ2v) is 4.48. The minimum Gasteiger partial charge on any atom is -0.313 e. The molecule has 0 heterocycles. The highest BCUT2D eigenvalue weighted by Gasteiger charge is 2.30. The number of hydrogen-bond donors (Lipinski definition) is 0. The fourth-order valence-electron chi connectivity index (χ4n) is 1.65. The number of benzene rings is 1. The summed E-state index contributed by atoms with van der Waals surface area (Å²) in [6, 6.07) is 3.84. The molecule has 1 fully saturated rings. The minimum absolute atomic E-state index is 0.0457. The molecule has 102 valence electrons. The van der Waals surface area contributed by atoms with Crippen LogP contribution in [0.25, 0.3) is 0 Å². The van der Waals surface area contributed by atoms with Crippen molar-refractivity contribution < 1.29 is 22.8 Å². The summed E-state index contributed by atoms with van der Waals surface area (Å²) in [4.78, 5) is 16.2. The van der Waals surface area contributed by atoms with E-state index in [4.69, 9.17) is 4.84 Å². The average Bonchev–Trinajstić information content (AvgIpc) is 2.36. The lowest BCUT2D eigenvalue weighted by Crippen LogP contribution is -2.23. The molecule has 0 radical (unpaired) electrons. The molecule has 1 aliphatic carbocycles.